The molecule has 0 aliphatic carbocycles. The Balaban J connectivity index is 1.74. The number of amides is 1. The van der Waals surface area contributed by atoms with E-state index < -0.39 is 10.0 Å². The summed E-state index contributed by atoms with van der Waals surface area (Å²) in [7, 11) is -3.88. The largest absolute Gasteiger partial charge is 0.338 e. The van der Waals surface area contributed by atoms with Crippen LogP contribution in [0.3, 0.4) is 0 Å². The van der Waals surface area contributed by atoms with Gasteiger partial charge in [0.05, 0.1) is 0 Å². The molecule has 3 rings (SSSR count). The summed E-state index contributed by atoms with van der Waals surface area (Å²) in [4.78, 5) is 18.8. The normalized spacial score (nSPS) is 18.8. The average molecular weight is 368 g/mol. The van der Waals surface area contributed by atoms with Crippen molar-refractivity contribution in [1.82, 2.24) is 14.5 Å². The average Bonchev–Trinajstić information content (AvgIpc) is 3.16. The van der Waals surface area contributed by atoms with Crippen LogP contribution in [-0.4, -0.2) is 41.9 Å². The van der Waals surface area contributed by atoms with Gasteiger partial charge in [-0.1, -0.05) is 0 Å². The Morgan fingerprint density at radius 2 is 2.29 bits per heavy atom. The fourth-order valence-electron chi connectivity index (χ4n) is 3.09. The summed E-state index contributed by atoms with van der Waals surface area (Å²) in [5.41, 5.74) is 0. The van der Waals surface area contributed by atoms with E-state index in [2.05, 4.69) is 9.55 Å². The first-order valence-corrected chi connectivity index (χ1v) is 10.2. The van der Waals surface area contributed by atoms with Gasteiger partial charge in [-0.2, -0.15) is 0 Å². The lowest BCUT2D eigenvalue weighted by Gasteiger charge is -2.33. The first-order valence-electron chi connectivity index (χ1n) is 7.73. The molecule has 0 bridgehead atoms. The van der Waals surface area contributed by atoms with Crippen molar-refractivity contribution in [2.45, 2.75) is 31.2 Å². The lowest BCUT2D eigenvalue weighted by molar-refractivity contribution is 0.0663. The summed E-state index contributed by atoms with van der Waals surface area (Å²) in [6.45, 7) is 4.01. The maximum atomic E-state index is 12.7. The van der Waals surface area contributed by atoms with E-state index in [1.54, 1.807) is 16.5 Å². The molecule has 0 saturated carbocycles. The van der Waals surface area contributed by atoms with Gasteiger partial charge >= 0.3 is 0 Å². The number of imidazole rings is 1. The Kier molecular flexibility index (Phi) is 4.75. The van der Waals surface area contributed by atoms with E-state index in [9.17, 15) is 13.2 Å². The molecule has 1 aliphatic rings. The Morgan fingerprint density at radius 1 is 1.50 bits per heavy atom. The number of hydrogen-bond acceptors (Lipinski definition) is 5. The van der Waals surface area contributed by atoms with Crippen LogP contribution >= 0.6 is 11.3 Å². The predicted octanol–water partition coefficient (Wildman–Crippen LogP) is 1.45. The quantitative estimate of drug-likeness (QED) is 0.883. The zero-order valence-corrected chi connectivity index (χ0v) is 15.0. The summed E-state index contributed by atoms with van der Waals surface area (Å²) in [5.74, 6) is 1.03. The van der Waals surface area contributed by atoms with Gasteiger partial charge in [0.15, 0.2) is 0 Å². The summed E-state index contributed by atoms with van der Waals surface area (Å²) in [6, 6.07) is 1.39. The molecule has 0 spiro atoms. The number of aromatic nitrogens is 2. The van der Waals surface area contributed by atoms with Gasteiger partial charge in [-0.25, -0.2) is 18.5 Å². The van der Waals surface area contributed by atoms with Gasteiger partial charge in [-0.05, 0) is 37.1 Å². The highest BCUT2D eigenvalue weighted by Crippen LogP contribution is 2.26. The monoisotopic (exact) mass is 368 g/mol. The second kappa shape index (κ2) is 6.66. The van der Waals surface area contributed by atoms with Crippen molar-refractivity contribution in [3.63, 3.8) is 0 Å². The number of aryl methyl sites for hydroxylation is 1. The molecule has 0 aromatic carbocycles. The van der Waals surface area contributed by atoms with Crippen LogP contribution in [0.2, 0.25) is 0 Å². The van der Waals surface area contributed by atoms with Gasteiger partial charge < -0.3 is 9.47 Å². The van der Waals surface area contributed by atoms with Crippen molar-refractivity contribution in [2.75, 3.05) is 13.1 Å². The molecule has 0 radical (unpaired) electrons. The molecule has 1 saturated heterocycles. The third-order valence-corrected chi connectivity index (χ3v) is 6.30. The number of rotatable bonds is 4. The van der Waals surface area contributed by atoms with E-state index in [1.165, 1.54) is 6.07 Å². The Bertz CT molecular complexity index is 841. The number of likely N-dealkylation sites (tertiary alicyclic amines) is 1. The van der Waals surface area contributed by atoms with Crippen molar-refractivity contribution in [3.8, 4) is 0 Å². The van der Waals surface area contributed by atoms with Crippen LogP contribution in [0.25, 0.3) is 0 Å². The molecule has 2 N–H and O–H groups in total. The molecule has 0 unspecified atom stereocenters. The summed E-state index contributed by atoms with van der Waals surface area (Å²) < 4.78 is 25.3. The summed E-state index contributed by atoms with van der Waals surface area (Å²) in [5, 5.41) is 6.79. The first-order chi connectivity index (χ1) is 11.4. The molecule has 1 fully saturated rings. The van der Waals surface area contributed by atoms with Crippen LogP contribution in [0.1, 0.15) is 28.3 Å². The third-order valence-electron chi connectivity index (χ3n) is 4.31. The van der Waals surface area contributed by atoms with Crippen LogP contribution in [-0.2, 0) is 16.6 Å². The van der Waals surface area contributed by atoms with E-state index in [4.69, 9.17) is 5.14 Å². The van der Waals surface area contributed by atoms with E-state index in [0.29, 0.717) is 19.0 Å². The van der Waals surface area contributed by atoms with Crippen LogP contribution in [0.5, 0.6) is 0 Å². The number of primary sulfonamides is 1. The molecule has 1 amide bonds. The maximum Gasteiger partial charge on any atom is 0.265 e. The van der Waals surface area contributed by atoms with Crippen LogP contribution in [0.15, 0.2) is 28.7 Å². The van der Waals surface area contributed by atoms with Gasteiger partial charge in [0.25, 0.3) is 5.91 Å². The van der Waals surface area contributed by atoms with Gasteiger partial charge in [0.2, 0.25) is 10.0 Å². The van der Waals surface area contributed by atoms with Crippen LogP contribution in [0.4, 0.5) is 0 Å². The standard InChI is InChI=1S/C15H20N4O3S2/c1-11-17-5-7-18(11)9-12-3-2-6-19(10-12)15(20)14-13(4-8-23-14)24(16,21)22/h4-5,7-8,12H,2-3,6,9-10H2,1H3,(H2,16,21,22)/t12-/m0/s1. The minimum Gasteiger partial charge on any atom is -0.338 e. The number of nitrogens with two attached hydrogens (primary N) is 1. The van der Waals surface area contributed by atoms with E-state index >= 15 is 0 Å². The highest BCUT2D eigenvalue weighted by Gasteiger charge is 2.29. The van der Waals surface area contributed by atoms with Crippen molar-refractivity contribution in [3.05, 3.63) is 34.5 Å². The molecule has 2 aromatic heterocycles. The fourth-order valence-corrected chi connectivity index (χ4v) is 5.03. The number of hydrogen-bond donors (Lipinski definition) is 1. The van der Waals surface area contributed by atoms with Crippen molar-refractivity contribution >= 4 is 27.3 Å². The molecule has 1 aliphatic heterocycles. The molecular formula is C15H20N4O3S2. The number of carbonyl (C=O) groups excluding carboxylic acids is 1. The number of thiophene rings is 1. The van der Waals surface area contributed by atoms with Gasteiger partial charge in [-0.3, -0.25) is 4.79 Å². The second-order valence-electron chi connectivity index (χ2n) is 6.05. The fraction of sp³-hybridized carbons (Fsp3) is 0.467. The summed E-state index contributed by atoms with van der Waals surface area (Å²) in [6.07, 6.45) is 5.65. The highest BCUT2D eigenvalue weighted by atomic mass is 32.2. The number of carbonyl (C=O) groups is 1. The van der Waals surface area contributed by atoms with Crippen molar-refractivity contribution in [1.29, 1.82) is 0 Å². The Hall–Kier alpha value is -1.71. The first kappa shape index (κ1) is 17.1. The zero-order chi connectivity index (χ0) is 17.3. The third kappa shape index (κ3) is 3.52. The van der Waals surface area contributed by atoms with E-state index in [0.717, 1.165) is 36.5 Å². The topological polar surface area (TPSA) is 98.3 Å². The molecule has 130 valence electrons. The van der Waals surface area contributed by atoms with Crippen molar-refractivity contribution < 1.29 is 13.2 Å². The Morgan fingerprint density at radius 3 is 2.96 bits per heavy atom. The molecule has 9 heteroatoms. The summed E-state index contributed by atoms with van der Waals surface area (Å²) >= 11 is 1.12. The molecule has 2 aromatic rings. The van der Waals surface area contributed by atoms with Crippen LogP contribution in [0, 0.1) is 12.8 Å². The molecule has 1 atom stereocenters. The number of sulfonamides is 1. The smallest absolute Gasteiger partial charge is 0.265 e. The van der Waals surface area contributed by atoms with E-state index in [1.807, 2.05) is 13.1 Å². The number of piperidine rings is 1. The molecule has 7 nitrogen and oxygen atoms in total. The van der Waals surface area contributed by atoms with E-state index in [-0.39, 0.29) is 15.7 Å². The zero-order valence-electron chi connectivity index (χ0n) is 13.4. The lowest BCUT2D eigenvalue weighted by atomic mass is 9.97. The molecule has 24 heavy (non-hydrogen) atoms. The SMILES string of the molecule is Cc1nccn1C[C@@H]1CCCN(C(=O)c2sccc2S(N)(=O)=O)C1. The highest BCUT2D eigenvalue weighted by molar-refractivity contribution is 7.89. The predicted molar refractivity (Wildman–Crippen MR) is 91.3 cm³/mol. The van der Waals surface area contributed by atoms with Crippen LogP contribution < -0.4 is 5.14 Å². The lowest BCUT2D eigenvalue weighted by Crippen LogP contribution is -2.41. The maximum absolute atomic E-state index is 12.7. The van der Waals surface area contributed by atoms with Crippen molar-refractivity contribution in [2.24, 2.45) is 11.1 Å². The number of nitrogens with zero attached hydrogens (tertiary/aromatic N) is 3. The van der Waals surface area contributed by atoms with Gasteiger partial charge in [0, 0.05) is 32.0 Å². The Labute approximate surface area is 145 Å². The van der Waals surface area contributed by atoms with Gasteiger partial charge in [-0.15, -0.1) is 11.3 Å². The van der Waals surface area contributed by atoms with Gasteiger partial charge in [0.1, 0.15) is 15.6 Å². The molecule has 3 heterocycles. The second-order valence-corrected chi connectivity index (χ2v) is 8.49. The molecular weight excluding hydrogens is 348 g/mol. The minimum atomic E-state index is -3.88. The minimum absolute atomic E-state index is 0.0786.